The van der Waals surface area contributed by atoms with E-state index in [1.165, 1.54) is 25.1 Å². The molecule has 1 aromatic rings. The fourth-order valence-corrected chi connectivity index (χ4v) is 2.89. The zero-order valence-electron chi connectivity index (χ0n) is 9.92. The maximum atomic E-state index is 14.2. The van der Waals surface area contributed by atoms with Gasteiger partial charge in [0.25, 0.3) is 0 Å². The largest absolute Gasteiger partial charge is 0.316 e. The second-order valence-electron chi connectivity index (χ2n) is 4.15. The third-order valence-electron chi connectivity index (χ3n) is 2.44. The summed E-state index contributed by atoms with van der Waals surface area (Å²) in [6.45, 7) is 1.54. The van der Waals surface area contributed by atoms with E-state index in [0.29, 0.717) is 5.56 Å². The molecule has 0 spiro atoms. The SMILES string of the molecule is CNCC(C)(F)c1ccc(S(C)(=O)=O)c(Cl)c1. The van der Waals surface area contributed by atoms with E-state index in [0.717, 1.165) is 6.26 Å². The highest BCUT2D eigenvalue weighted by molar-refractivity contribution is 7.90. The first-order valence-corrected chi connectivity index (χ1v) is 7.29. The average molecular weight is 280 g/mol. The van der Waals surface area contributed by atoms with Crippen LogP contribution in [0.5, 0.6) is 0 Å². The Kier molecular flexibility index (Phi) is 4.17. The normalized spacial score (nSPS) is 15.6. The van der Waals surface area contributed by atoms with Gasteiger partial charge < -0.3 is 5.32 Å². The average Bonchev–Trinajstić information content (AvgIpc) is 2.15. The summed E-state index contributed by atoms with van der Waals surface area (Å²) in [5.74, 6) is 0. The van der Waals surface area contributed by atoms with Crippen molar-refractivity contribution in [3.05, 3.63) is 28.8 Å². The van der Waals surface area contributed by atoms with E-state index >= 15 is 0 Å². The van der Waals surface area contributed by atoms with Crippen LogP contribution in [0.1, 0.15) is 12.5 Å². The summed E-state index contributed by atoms with van der Waals surface area (Å²) in [5.41, 5.74) is -1.24. The number of halogens is 2. The Morgan fingerprint density at radius 3 is 2.47 bits per heavy atom. The molecular weight excluding hydrogens is 265 g/mol. The molecule has 1 N–H and O–H groups in total. The van der Waals surface area contributed by atoms with E-state index in [2.05, 4.69) is 5.32 Å². The summed E-state index contributed by atoms with van der Waals surface area (Å²) in [6.07, 6.45) is 1.07. The number of hydrogen-bond donors (Lipinski definition) is 1. The lowest BCUT2D eigenvalue weighted by atomic mass is 9.98. The third-order valence-corrected chi connectivity index (χ3v) is 4.02. The van der Waals surface area contributed by atoms with Gasteiger partial charge in [-0.2, -0.15) is 0 Å². The molecule has 96 valence electrons. The van der Waals surface area contributed by atoms with Crippen LogP contribution in [0.2, 0.25) is 5.02 Å². The molecule has 1 atom stereocenters. The number of rotatable bonds is 4. The predicted molar refractivity (Wildman–Crippen MR) is 66.9 cm³/mol. The molecule has 1 rings (SSSR count). The molecule has 1 aromatic carbocycles. The minimum Gasteiger partial charge on any atom is -0.316 e. The Morgan fingerprint density at radius 2 is 2.06 bits per heavy atom. The molecule has 0 aliphatic carbocycles. The Hall–Kier alpha value is -0.650. The molecule has 0 aromatic heterocycles. The molecule has 6 heteroatoms. The van der Waals surface area contributed by atoms with Crippen LogP contribution in [0.3, 0.4) is 0 Å². The first-order chi connectivity index (χ1) is 7.68. The van der Waals surface area contributed by atoms with Crippen LogP contribution in [-0.2, 0) is 15.5 Å². The van der Waals surface area contributed by atoms with Gasteiger partial charge in [0, 0.05) is 12.8 Å². The van der Waals surface area contributed by atoms with E-state index in [1.807, 2.05) is 0 Å². The number of nitrogens with one attached hydrogen (secondary N) is 1. The van der Waals surface area contributed by atoms with E-state index in [-0.39, 0.29) is 16.5 Å². The van der Waals surface area contributed by atoms with Gasteiger partial charge in [-0.05, 0) is 31.7 Å². The molecule has 0 amide bonds. The van der Waals surface area contributed by atoms with Crippen molar-refractivity contribution in [2.45, 2.75) is 17.5 Å². The second-order valence-corrected chi connectivity index (χ2v) is 6.54. The highest BCUT2D eigenvalue weighted by Crippen LogP contribution is 2.30. The summed E-state index contributed by atoms with van der Waals surface area (Å²) < 4.78 is 36.9. The van der Waals surface area contributed by atoms with Crippen molar-refractivity contribution < 1.29 is 12.8 Å². The number of alkyl halides is 1. The first kappa shape index (κ1) is 14.4. The van der Waals surface area contributed by atoms with Gasteiger partial charge in [0.1, 0.15) is 5.67 Å². The summed E-state index contributed by atoms with van der Waals surface area (Å²) in [6, 6.07) is 4.13. The lowest BCUT2D eigenvalue weighted by Gasteiger charge is -2.21. The number of likely N-dealkylation sites (N-methyl/N-ethyl adjacent to an activating group) is 1. The van der Waals surface area contributed by atoms with Crippen molar-refractivity contribution in [3.8, 4) is 0 Å². The van der Waals surface area contributed by atoms with Crippen LogP contribution in [-0.4, -0.2) is 28.3 Å². The van der Waals surface area contributed by atoms with Crippen molar-refractivity contribution in [1.82, 2.24) is 5.32 Å². The Balaban J connectivity index is 3.22. The van der Waals surface area contributed by atoms with Crippen LogP contribution in [0.15, 0.2) is 23.1 Å². The summed E-state index contributed by atoms with van der Waals surface area (Å²) >= 11 is 5.85. The molecule has 0 fully saturated rings. The fourth-order valence-electron chi connectivity index (χ4n) is 1.56. The molecule has 17 heavy (non-hydrogen) atoms. The van der Waals surface area contributed by atoms with Gasteiger partial charge in [-0.25, -0.2) is 12.8 Å². The molecule has 0 saturated heterocycles. The molecule has 0 aliphatic heterocycles. The highest BCUT2D eigenvalue weighted by Gasteiger charge is 2.26. The standard InChI is InChI=1S/C11H15ClFNO2S/c1-11(13,7-14-2)8-4-5-10(9(12)6-8)17(3,15)16/h4-6,14H,7H2,1-3H3. The Bertz CT molecular complexity index is 514. The molecule has 0 saturated carbocycles. The maximum absolute atomic E-state index is 14.2. The molecule has 3 nitrogen and oxygen atoms in total. The lowest BCUT2D eigenvalue weighted by molar-refractivity contribution is 0.190. The van der Waals surface area contributed by atoms with Crippen molar-refractivity contribution >= 4 is 21.4 Å². The monoisotopic (exact) mass is 279 g/mol. The predicted octanol–water partition coefficient (Wildman–Crippen LogP) is 2.15. The minimum atomic E-state index is -3.38. The van der Waals surface area contributed by atoms with Crippen LogP contribution >= 0.6 is 11.6 Å². The van der Waals surface area contributed by atoms with E-state index in [1.54, 1.807) is 7.05 Å². The summed E-state index contributed by atoms with van der Waals surface area (Å²) in [4.78, 5) is 0.0168. The summed E-state index contributed by atoms with van der Waals surface area (Å²) in [5, 5.41) is 2.78. The van der Waals surface area contributed by atoms with Crippen LogP contribution in [0.25, 0.3) is 0 Å². The van der Waals surface area contributed by atoms with Crippen molar-refractivity contribution in [2.24, 2.45) is 0 Å². The minimum absolute atomic E-state index is 0.0168. The van der Waals surface area contributed by atoms with Gasteiger partial charge in [-0.3, -0.25) is 0 Å². The Morgan fingerprint density at radius 1 is 1.47 bits per heavy atom. The van der Waals surface area contributed by atoms with Gasteiger partial charge in [0.05, 0.1) is 9.92 Å². The zero-order valence-corrected chi connectivity index (χ0v) is 11.5. The van der Waals surface area contributed by atoms with E-state index in [9.17, 15) is 12.8 Å². The smallest absolute Gasteiger partial charge is 0.176 e. The van der Waals surface area contributed by atoms with Crippen LogP contribution in [0.4, 0.5) is 4.39 Å². The van der Waals surface area contributed by atoms with Crippen LogP contribution in [0, 0.1) is 0 Å². The first-order valence-electron chi connectivity index (χ1n) is 5.02. The molecule has 1 unspecified atom stereocenters. The van der Waals surface area contributed by atoms with Crippen molar-refractivity contribution in [2.75, 3.05) is 19.8 Å². The molecule has 0 bridgehead atoms. The van der Waals surface area contributed by atoms with E-state index < -0.39 is 15.5 Å². The Labute approximate surface area is 106 Å². The molecule has 0 radical (unpaired) electrons. The van der Waals surface area contributed by atoms with Crippen molar-refractivity contribution in [3.63, 3.8) is 0 Å². The maximum Gasteiger partial charge on any atom is 0.176 e. The lowest BCUT2D eigenvalue weighted by Crippen LogP contribution is -2.29. The third kappa shape index (κ3) is 3.40. The van der Waals surface area contributed by atoms with Gasteiger partial charge in [0.15, 0.2) is 9.84 Å². The topological polar surface area (TPSA) is 46.2 Å². The quantitative estimate of drug-likeness (QED) is 0.919. The molecule has 0 heterocycles. The van der Waals surface area contributed by atoms with Gasteiger partial charge in [-0.15, -0.1) is 0 Å². The van der Waals surface area contributed by atoms with Gasteiger partial charge >= 0.3 is 0 Å². The number of benzene rings is 1. The second kappa shape index (κ2) is 4.92. The molecular formula is C11H15ClFNO2S. The highest BCUT2D eigenvalue weighted by atomic mass is 35.5. The van der Waals surface area contributed by atoms with E-state index in [4.69, 9.17) is 11.6 Å². The number of sulfone groups is 1. The van der Waals surface area contributed by atoms with Gasteiger partial charge in [0.2, 0.25) is 0 Å². The van der Waals surface area contributed by atoms with Crippen molar-refractivity contribution in [1.29, 1.82) is 0 Å². The molecule has 0 aliphatic rings. The zero-order chi connectivity index (χ0) is 13.3. The summed E-state index contributed by atoms with van der Waals surface area (Å²) in [7, 11) is -1.73. The van der Waals surface area contributed by atoms with Crippen LogP contribution < -0.4 is 5.32 Å². The fraction of sp³-hybridized carbons (Fsp3) is 0.455. The number of hydrogen-bond acceptors (Lipinski definition) is 3. The van der Waals surface area contributed by atoms with Gasteiger partial charge in [-0.1, -0.05) is 17.7 Å².